The highest BCUT2D eigenvalue weighted by atomic mass is 32.2. The lowest BCUT2D eigenvalue weighted by molar-refractivity contribution is 0.0939. The van der Waals surface area contributed by atoms with Gasteiger partial charge in [0.2, 0.25) is 0 Å². The summed E-state index contributed by atoms with van der Waals surface area (Å²) in [6.45, 7) is 3.66. The second-order valence-electron chi connectivity index (χ2n) is 8.30. The number of ether oxygens (including phenoxy) is 2. The van der Waals surface area contributed by atoms with Crippen LogP contribution in [0.3, 0.4) is 0 Å². The van der Waals surface area contributed by atoms with Gasteiger partial charge in [0.15, 0.2) is 11.5 Å². The molecule has 32 heavy (non-hydrogen) atoms. The van der Waals surface area contributed by atoms with Crippen LogP contribution in [0.15, 0.2) is 47.4 Å². The molecule has 1 aliphatic carbocycles. The van der Waals surface area contributed by atoms with Crippen molar-refractivity contribution in [1.29, 1.82) is 0 Å². The van der Waals surface area contributed by atoms with Crippen molar-refractivity contribution in [3.05, 3.63) is 48.0 Å². The van der Waals surface area contributed by atoms with E-state index in [0.29, 0.717) is 48.6 Å². The fourth-order valence-electron chi connectivity index (χ4n) is 3.54. The number of benzene rings is 2. The third-order valence-electron chi connectivity index (χ3n) is 5.80. The average Bonchev–Trinajstić information content (AvgIpc) is 3.63. The fourth-order valence-corrected chi connectivity index (χ4v) is 4.62. The minimum absolute atomic E-state index is 0.0809. The van der Waals surface area contributed by atoms with Crippen LogP contribution >= 0.6 is 0 Å². The summed E-state index contributed by atoms with van der Waals surface area (Å²) in [7, 11) is -1.73. The number of amides is 1. The molecular weight excluding hydrogens is 430 g/mol. The number of anilines is 1. The van der Waals surface area contributed by atoms with Crippen molar-refractivity contribution in [1.82, 2.24) is 10.2 Å². The molecule has 1 saturated carbocycles. The Balaban J connectivity index is 1.37. The molecule has 1 unspecified atom stereocenters. The second-order valence-corrected chi connectivity index (χ2v) is 9.98. The number of hydrogen-bond donors (Lipinski definition) is 2. The molecule has 0 spiro atoms. The molecule has 1 atom stereocenters. The smallest absolute Gasteiger partial charge is 0.262 e. The van der Waals surface area contributed by atoms with Crippen molar-refractivity contribution in [3.8, 4) is 11.5 Å². The highest BCUT2D eigenvalue weighted by Gasteiger charge is 2.29. The van der Waals surface area contributed by atoms with Gasteiger partial charge in [-0.2, -0.15) is 0 Å². The van der Waals surface area contributed by atoms with Crippen LogP contribution < -0.4 is 19.5 Å². The van der Waals surface area contributed by atoms with E-state index in [1.807, 2.05) is 0 Å². The summed E-state index contributed by atoms with van der Waals surface area (Å²) in [5, 5.41) is 2.94. The van der Waals surface area contributed by atoms with Crippen molar-refractivity contribution < 1.29 is 22.7 Å². The average molecular weight is 460 g/mol. The Labute approximate surface area is 189 Å². The number of nitrogens with zero attached hydrogens (tertiary/aromatic N) is 1. The first-order valence-electron chi connectivity index (χ1n) is 10.9. The topological polar surface area (TPSA) is 97.0 Å². The second kappa shape index (κ2) is 9.38. The maximum absolute atomic E-state index is 12.8. The summed E-state index contributed by atoms with van der Waals surface area (Å²) in [4.78, 5) is 14.8. The van der Waals surface area contributed by atoms with Gasteiger partial charge >= 0.3 is 0 Å². The highest BCUT2D eigenvalue weighted by molar-refractivity contribution is 7.92. The minimum Gasteiger partial charge on any atom is -0.490 e. The lowest BCUT2D eigenvalue weighted by Crippen LogP contribution is -2.41. The summed E-state index contributed by atoms with van der Waals surface area (Å²) < 4.78 is 39.3. The third kappa shape index (κ3) is 5.34. The van der Waals surface area contributed by atoms with Gasteiger partial charge in [-0.3, -0.25) is 14.4 Å². The SMILES string of the molecule is CC(CNC(=O)c1ccc(NS(=O)(=O)c2ccc3c(c2)OCCCO3)cc1)N(C)C1CC1. The maximum Gasteiger partial charge on any atom is 0.262 e. The van der Waals surface area contributed by atoms with Gasteiger partial charge in [-0.15, -0.1) is 0 Å². The zero-order valence-electron chi connectivity index (χ0n) is 18.3. The largest absolute Gasteiger partial charge is 0.490 e. The van der Waals surface area contributed by atoms with Gasteiger partial charge in [0.25, 0.3) is 15.9 Å². The van der Waals surface area contributed by atoms with E-state index in [1.165, 1.54) is 25.0 Å². The zero-order valence-corrected chi connectivity index (χ0v) is 19.2. The van der Waals surface area contributed by atoms with Crippen LogP contribution in [-0.4, -0.2) is 58.1 Å². The Morgan fingerprint density at radius 1 is 1.09 bits per heavy atom. The molecule has 1 heterocycles. The van der Waals surface area contributed by atoms with Crippen molar-refractivity contribution in [2.75, 3.05) is 31.5 Å². The first-order chi connectivity index (χ1) is 15.3. The summed E-state index contributed by atoms with van der Waals surface area (Å²) in [6.07, 6.45) is 3.18. The Morgan fingerprint density at radius 2 is 1.78 bits per heavy atom. The molecule has 8 nitrogen and oxygen atoms in total. The van der Waals surface area contributed by atoms with E-state index in [4.69, 9.17) is 9.47 Å². The van der Waals surface area contributed by atoms with Crippen molar-refractivity contribution in [3.63, 3.8) is 0 Å². The standard InChI is InChI=1S/C23H29N3O5S/c1-16(26(2)19-8-9-19)15-24-23(27)17-4-6-18(7-5-17)25-32(28,29)20-10-11-21-22(14-20)31-13-3-12-30-21/h4-7,10-11,14,16,19,25H,3,8-9,12-13,15H2,1-2H3,(H,24,27). The van der Waals surface area contributed by atoms with Crippen LogP contribution in [0.1, 0.15) is 36.5 Å². The number of nitrogens with one attached hydrogen (secondary N) is 2. The predicted molar refractivity (Wildman–Crippen MR) is 122 cm³/mol. The number of fused-ring (bicyclic) bond motifs is 1. The molecule has 9 heteroatoms. The van der Waals surface area contributed by atoms with Gasteiger partial charge in [-0.25, -0.2) is 8.42 Å². The van der Waals surface area contributed by atoms with Crippen molar-refractivity contribution in [2.24, 2.45) is 0 Å². The highest BCUT2D eigenvalue weighted by Crippen LogP contribution is 2.32. The molecule has 2 aliphatic rings. The van der Waals surface area contributed by atoms with E-state index in [2.05, 4.69) is 28.9 Å². The Bertz CT molecular complexity index is 1070. The van der Waals surface area contributed by atoms with E-state index in [1.54, 1.807) is 30.3 Å². The zero-order chi connectivity index (χ0) is 22.7. The van der Waals surface area contributed by atoms with Gasteiger partial charge in [-0.05, 0) is 63.2 Å². The van der Waals surface area contributed by atoms with Crippen LogP contribution in [0.2, 0.25) is 0 Å². The molecule has 2 aromatic carbocycles. The van der Waals surface area contributed by atoms with Crippen LogP contribution in [0, 0.1) is 0 Å². The van der Waals surface area contributed by atoms with Gasteiger partial charge in [0.05, 0.1) is 18.1 Å². The molecule has 2 aromatic rings. The number of carbonyl (C=O) groups is 1. The lowest BCUT2D eigenvalue weighted by Gasteiger charge is -2.24. The van der Waals surface area contributed by atoms with E-state index in [0.717, 1.165) is 6.42 Å². The Kier molecular flexibility index (Phi) is 6.57. The number of hydrogen-bond acceptors (Lipinski definition) is 6. The molecule has 0 saturated heterocycles. The number of carbonyl (C=O) groups excluding carboxylic acids is 1. The van der Waals surface area contributed by atoms with E-state index in [-0.39, 0.29) is 16.8 Å². The van der Waals surface area contributed by atoms with Gasteiger partial charge < -0.3 is 14.8 Å². The molecule has 0 bridgehead atoms. The van der Waals surface area contributed by atoms with Crippen LogP contribution in [0.25, 0.3) is 0 Å². The normalized spacial score (nSPS) is 16.8. The van der Waals surface area contributed by atoms with E-state index in [9.17, 15) is 13.2 Å². The molecule has 0 radical (unpaired) electrons. The molecule has 172 valence electrons. The monoisotopic (exact) mass is 459 g/mol. The summed E-state index contributed by atoms with van der Waals surface area (Å²) in [5.74, 6) is 0.770. The Hall–Kier alpha value is -2.78. The summed E-state index contributed by atoms with van der Waals surface area (Å²) in [6, 6.07) is 11.8. The summed E-state index contributed by atoms with van der Waals surface area (Å²) in [5.41, 5.74) is 0.847. The molecular formula is C23H29N3O5S. The molecule has 1 amide bonds. The maximum atomic E-state index is 12.8. The third-order valence-corrected chi connectivity index (χ3v) is 7.18. The first-order valence-corrected chi connectivity index (χ1v) is 12.3. The van der Waals surface area contributed by atoms with Crippen LogP contribution in [0.5, 0.6) is 11.5 Å². The number of likely N-dealkylation sites (N-methyl/N-ethyl adjacent to an activating group) is 1. The lowest BCUT2D eigenvalue weighted by atomic mass is 10.2. The molecule has 1 fully saturated rings. The minimum atomic E-state index is -3.82. The molecule has 0 aromatic heterocycles. The van der Waals surface area contributed by atoms with E-state index < -0.39 is 10.0 Å². The van der Waals surface area contributed by atoms with Crippen LogP contribution in [0.4, 0.5) is 5.69 Å². The van der Waals surface area contributed by atoms with E-state index >= 15 is 0 Å². The number of sulfonamides is 1. The van der Waals surface area contributed by atoms with Gasteiger partial charge in [-0.1, -0.05) is 0 Å². The molecule has 4 rings (SSSR count). The quantitative estimate of drug-likeness (QED) is 0.630. The number of rotatable bonds is 8. The predicted octanol–water partition coefficient (Wildman–Crippen LogP) is 2.86. The van der Waals surface area contributed by atoms with Crippen molar-refractivity contribution >= 4 is 21.6 Å². The van der Waals surface area contributed by atoms with Gasteiger partial charge in [0, 0.05) is 42.4 Å². The fraction of sp³-hybridized carbons (Fsp3) is 0.435. The first kappa shape index (κ1) is 22.4. The van der Waals surface area contributed by atoms with Crippen LogP contribution in [-0.2, 0) is 10.0 Å². The summed E-state index contributed by atoms with van der Waals surface area (Å²) >= 11 is 0. The van der Waals surface area contributed by atoms with Crippen molar-refractivity contribution in [2.45, 2.75) is 43.2 Å². The van der Waals surface area contributed by atoms with Gasteiger partial charge in [0.1, 0.15) is 0 Å². The Morgan fingerprint density at radius 3 is 2.47 bits per heavy atom. The molecule has 2 N–H and O–H groups in total. The molecule has 1 aliphatic heterocycles.